The van der Waals surface area contributed by atoms with Crippen molar-refractivity contribution in [3.05, 3.63) is 18.0 Å². The van der Waals surface area contributed by atoms with E-state index in [1.165, 1.54) is 6.20 Å². The molecule has 152 valence electrons. The molecule has 0 atom stereocenters. The lowest BCUT2D eigenvalue weighted by Gasteiger charge is -2.34. The lowest BCUT2D eigenvalue weighted by atomic mass is 10.0. The van der Waals surface area contributed by atoms with Gasteiger partial charge in [0.05, 0.1) is 17.3 Å². The van der Waals surface area contributed by atoms with Gasteiger partial charge in [0.2, 0.25) is 0 Å². The number of aromatic nitrogens is 3. The molecule has 2 aromatic heterocycles. The van der Waals surface area contributed by atoms with Gasteiger partial charge in [-0.2, -0.15) is 5.10 Å². The Labute approximate surface area is 163 Å². The fourth-order valence-corrected chi connectivity index (χ4v) is 3.31. The van der Waals surface area contributed by atoms with Gasteiger partial charge in [0.25, 0.3) is 0 Å². The summed E-state index contributed by atoms with van der Waals surface area (Å²) in [5, 5.41) is 17.9. The van der Waals surface area contributed by atoms with Crippen LogP contribution in [0.25, 0.3) is 11.0 Å². The Morgan fingerprint density at radius 1 is 1.29 bits per heavy atom. The Hall–Kier alpha value is -2.84. The molecule has 3 rings (SSSR count). The van der Waals surface area contributed by atoms with Gasteiger partial charge < -0.3 is 20.1 Å². The third-order valence-electron chi connectivity index (χ3n) is 4.69. The number of hydrogen-bond donors (Lipinski definition) is 2. The molecular weight excluding hydrogens is 362 g/mol. The van der Waals surface area contributed by atoms with Crippen molar-refractivity contribution in [2.45, 2.75) is 58.7 Å². The van der Waals surface area contributed by atoms with Gasteiger partial charge in [0, 0.05) is 31.9 Å². The Kier molecular flexibility index (Phi) is 5.44. The Morgan fingerprint density at radius 2 is 1.96 bits per heavy atom. The minimum atomic E-state index is -1.03. The smallest absolute Gasteiger partial charge is 0.410 e. The van der Waals surface area contributed by atoms with Crippen LogP contribution >= 0.6 is 0 Å². The highest BCUT2D eigenvalue weighted by atomic mass is 16.6. The van der Waals surface area contributed by atoms with Crippen LogP contribution in [0.4, 0.5) is 10.5 Å². The van der Waals surface area contributed by atoms with Crippen LogP contribution in [0.5, 0.6) is 0 Å². The average molecular weight is 389 g/mol. The molecule has 9 heteroatoms. The molecule has 1 fully saturated rings. The van der Waals surface area contributed by atoms with Crippen LogP contribution < -0.4 is 5.32 Å². The van der Waals surface area contributed by atoms with Gasteiger partial charge in [-0.25, -0.2) is 19.3 Å². The molecule has 9 nitrogen and oxygen atoms in total. The first-order chi connectivity index (χ1) is 13.2. The van der Waals surface area contributed by atoms with E-state index in [0.717, 1.165) is 0 Å². The van der Waals surface area contributed by atoms with Crippen molar-refractivity contribution in [3.63, 3.8) is 0 Å². The first-order valence-corrected chi connectivity index (χ1v) is 9.52. The molecule has 2 aromatic rings. The second-order valence-corrected chi connectivity index (χ2v) is 7.94. The molecule has 1 amide bonds. The highest BCUT2D eigenvalue weighted by molar-refractivity contribution is 6.03. The van der Waals surface area contributed by atoms with Crippen LogP contribution in [0.15, 0.2) is 12.4 Å². The van der Waals surface area contributed by atoms with Gasteiger partial charge in [0.1, 0.15) is 11.2 Å². The van der Waals surface area contributed by atoms with Crippen LogP contribution in [0, 0.1) is 0 Å². The molecule has 28 heavy (non-hydrogen) atoms. The van der Waals surface area contributed by atoms with Crippen molar-refractivity contribution in [1.82, 2.24) is 19.7 Å². The number of carboxylic acid groups (broad SMARTS) is 1. The summed E-state index contributed by atoms with van der Waals surface area (Å²) in [5.41, 5.74) is 0.789. The molecule has 0 unspecified atom stereocenters. The van der Waals surface area contributed by atoms with Crippen LogP contribution in [-0.2, 0) is 11.3 Å². The summed E-state index contributed by atoms with van der Waals surface area (Å²) in [6, 6.07) is 0.0485. The topological polar surface area (TPSA) is 110 Å². The number of carboxylic acids is 1. The number of fused-ring (bicyclic) bond motifs is 1. The fraction of sp³-hybridized carbons (Fsp3) is 0.579. The summed E-state index contributed by atoms with van der Waals surface area (Å²) in [6.45, 7) is 9.25. The second kappa shape index (κ2) is 7.65. The number of aryl methyl sites for hydroxylation is 1. The quantitative estimate of drug-likeness (QED) is 0.827. The van der Waals surface area contributed by atoms with Gasteiger partial charge in [0.15, 0.2) is 5.65 Å². The Morgan fingerprint density at radius 3 is 2.54 bits per heavy atom. The van der Waals surface area contributed by atoms with Crippen molar-refractivity contribution in [3.8, 4) is 0 Å². The van der Waals surface area contributed by atoms with E-state index >= 15 is 0 Å². The minimum Gasteiger partial charge on any atom is -0.478 e. The van der Waals surface area contributed by atoms with Crippen molar-refractivity contribution >= 4 is 28.8 Å². The van der Waals surface area contributed by atoms with Crippen molar-refractivity contribution in [2.75, 3.05) is 18.4 Å². The van der Waals surface area contributed by atoms with E-state index in [-0.39, 0.29) is 17.7 Å². The molecule has 0 bridgehead atoms. The zero-order valence-electron chi connectivity index (χ0n) is 16.7. The minimum absolute atomic E-state index is 0.0485. The molecular formula is C19H27N5O4. The summed E-state index contributed by atoms with van der Waals surface area (Å²) >= 11 is 0. The molecule has 2 N–H and O–H groups in total. The summed E-state index contributed by atoms with van der Waals surface area (Å²) in [7, 11) is 0. The lowest BCUT2D eigenvalue weighted by Crippen LogP contribution is -2.44. The number of rotatable bonds is 4. The summed E-state index contributed by atoms with van der Waals surface area (Å²) in [6.07, 6.45) is 4.11. The van der Waals surface area contributed by atoms with Crippen molar-refractivity contribution in [1.29, 1.82) is 0 Å². The molecule has 0 aliphatic carbocycles. The maximum absolute atomic E-state index is 12.2. The number of nitrogens with one attached hydrogen (secondary N) is 1. The first-order valence-electron chi connectivity index (χ1n) is 9.52. The van der Waals surface area contributed by atoms with Gasteiger partial charge in [-0.3, -0.25) is 0 Å². The predicted molar refractivity (Wildman–Crippen MR) is 105 cm³/mol. The Balaban J connectivity index is 1.75. The number of nitrogens with zero attached hydrogens (tertiary/aromatic N) is 4. The molecule has 0 spiro atoms. The largest absolute Gasteiger partial charge is 0.478 e. The number of carbonyl (C=O) groups is 2. The normalized spacial score (nSPS) is 15.6. The number of piperidine rings is 1. The molecule has 1 aliphatic heterocycles. The number of aromatic carboxylic acids is 1. The van der Waals surface area contributed by atoms with Crippen molar-refractivity contribution in [2.24, 2.45) is 0 Å². The summed E-state index contributed by atoms with van der Waals surface area (Å²) < 4.78 is 7.16. The first kappa shape index (κ1) is 19.9. The van der Waals surface area contributed by atoms with E-state index in [1.54, 1.807) is 15.8 Å². The van der Waals surface area contributed by atoms with Crippen LogP contribution in [0.3, 0.4) is 0 Å². The van der Waals surface area contributed by atoms with Gasteiger partial charge in [-0.15, -0.1) is 0 Å². The SMILES string of the molecule is CCn1ncc2c(NC3CCN(C(=O)OC(C)(C)C)CC3)c(C(=O)O)cnc21. The monoisotopic (exact) mass is 389 g/mol. The molecule has 0 radical (unpaired) electrons. The maximum atomic E-state index is 12.2. The van der Waals surface area contributed by atoms with E-state index in [1.807, 2.05) is 27.7 Å². The van der Waals surface area contributed by atoms with Gasteiger partial charge in [-0.05, 0) is 40.5 Å². The summed E-state index contributed by atoms with van der Waals surface area (Å²) in [4.78, 5) is 29.9. The molecule has 0 saturated carbocycles. The number of amides is 1. The van der Waals surface area contributed by atoms with Crippen LogP contribution in [-0.4, -0.2) is 61.6 Å². The van der Waals surface area contributed by atoms with Gasteiger partial charge >= 0.3 is 12.1 Å². The zero-order valence-corrected chi connectivity index (χ0v) is 16.7. The third kappa shape index (κ3) is 4.18. The van der Waals surface area contributed by atoms with Crippen molar-refractivity contribution < 1.29 is 19.4 Å². The van der Waals surface area contributed by atoms with Crippen LogP contribution in [0.1, 0.15) is 50.9 Å². The molecule has 1 aliphatic rings. The average Bonchev–Trinajstić information content (AvgIpc) is 3.04. The zero-order chi connectivity index (χ0) is 20.5. The number of ether oxygens (including phenoxy) is 1. The fourth-order valence-electron chi connectivity index (χ4n) is 3.31. The van der Waals surface area contributed by atoms with E-state index < -0.39 is 11.6 Å². The number of carbonyl (C=O) groups excluding carboxylic acids is 1. The van der Waals surface area contributed by atoms with E-state index in [0.29, 0.717) is 49.2 Å². The van der Waals surface area contributed by atoms with Gasteiger partial charge in [-0.1, -0.05) is 0 Å². The highest BCUT2D eigenvalue weighted by Crippen LogP contribution is 2.28. The van der Waals surface area contributed by atoms with E-state index in [4.69, 9.17) is 4.74 Å². The molecule has 0 aromatic carbocycles. The van der Waals surface area contributed by atoms with E-state index in [2.05, 4.69) is 15.4 Å². The number of likely N-dealkylation sites (tertiary alicyclic amines) is 1. The predicted octanol–water partition coefficient (Wildman–Crippen LogP) is 2.96. The molecule has 1 saturated heterocycles. The maximum Gasteiger partial charge on any atom is 0.410 e. The second-order valence-electron chi connectivity index (χ2n) is 7.94. The Bertz CT molecular complexity index is 878. The summed E-state index contributed by atoms with van der Waals surface area (Å²) in [5.74, 6) is -1.03. The highest BCUT2D eigenvalue weighted by Gasteiger charge is 2.28. The third-order valence-corrected chi connectivity index (χ3v) is 4.69. The van der Waals surface area contributed by atoms with Crippen LogP contribution in [0.2, 0.25) is 0 Å². The molecule has 3 heterocycles. The lowest BCUT2D eigenvalue weighted by molar-refractivity contribution is 0.0210. The number of anilines is 1. The van der Waals surface area contributed by atoms with E-state index in [9.17, 15) is 14.7 Å². The number of pyridine rings is 1. The number of hydrogen-bond acceptors (Lipinski definition) is 6. The standard InChI is InChI=1S/C19H27N5O4/c1-5-24-16-13(11-21-24)15(14(10-20-16)17(25)26)22-12-6-8-23(9-7-12)18(27)28-19(2,3)4/h10-12H,5-9H2,1-4H3,(H,20,22)(H,25,26).